The maximum atomic E-state index is 12.7. The van der Waals surface area contributed by atoms with E-state index in [2.05, 4.69) is 10.6 Å². The fourth-order valence-electron chi connectivity index (χ4n) is 3.15. The Morgan fingerprint density at radius 2 is 1.79 bits per heavy atom. The van der Waals surface area contributed by atoms with Crippen molar-refractivity contribution in [2.75, 3.05) is 5.32 Å². The lowest BCUT2D eigenvalue weighted by Crippen LogP contribution is -2.27. The highest BCUT2D eigenvalue weighted by atomic mass is 32.1. The Balaban J connectivity index is 1.55. The molecule has 24 heavy (non-hydrogen) atoms. The second kappa shape index (κ2) is 6.40. The zero-order valence-electron chi connectivity index (χ0n) is 13.4. The van der Waals surface area contributed by atoms with Gasteiger partial charge in [-0.3, -0.25) is 9.59 Å². The predicted octanol–water partition coefficient (Wildman–Crippen LogP) is 3.77. The van der Waals surface area contributed by atoms with E-state index in [1.54, 1.807) is 23.5 Å². The highest BCUT2D eigenvalue weighted by molar-refractivity contribution is 7.10. The minimum atomic E-state index is -0.110. The smallest absolute Gasteiger partial charge is 0.256 e. The second-order valence-corrected chi connectivity index (χ2v) is 7.47. The van der Waals surface area contributed by atoms with Gasteiger partial charge in [0.25, 0.3) is 11.8 Å². The number of hydrogen-bond acceptors (Lipinski definition) is 3. The lowest BCUT2D eigenvalue weighted by atomic mass is 9.95. The minimum Gasteiger partial charge on any atom is -0.349 e. The topological polar surface area (TPSA) is 58.2 Å². The molecule has 4 rings (SSSR count). The summed E-state index contributed by atoms with van der Waals surface area (Å²) >= 11 is 1.68. The first-order chi connectivity index (χ1) is 11.7. The van der Waals surface area contributed by atoms with Crippen molar-refractivity contribution in [2.45, 2.75) is 44.6 Å². The molecule has 2 amide bonds. The van der Waals surface area contributed by atoms with Gasteiger partial charge < -0.3 is 10.6 Å². The number of carbonyl (C=O) groups is 2. The summed E-state index contributed by atoms with van der Waals surface area (Å²) in [6, 6.07) is 7.51. The Kier molecular flexibility index (Phi) is 4.10. The van der Waals surface area contributed by atoms with Gasteiger partial charge in [0.2, 0.25) is 0 Å². The number of carbonyl (C=O) groups excluding carboxylic acids is 2. The minimum absolute atomic E-state index is 0.110. The average molecular weight is 340 g/mol. The van der Waals surface area contributed by atoms with Gasteiger partial charge in [0, 0.05) is 16.3 Å². The standard InChI is InChI=1S/C19H20N2O2S/c22-18(20-12-9-10-12)14-6-1-3-7-16(14)21-19(23)15-11-24-17-8-4-2-5-13(15)17/h1,3,6-7,11-12H,2,4-5,8-10H2,(H,20,22)(H,21,23). The molecule has 1 aromatic carbocycles. The van der Waals surface area contributed by atoms with Crippen LogP contribution in [0.2, 0.25) is 0 Å². The molecule has 1 fully saturated rings. The first-order valence-electron chi connectivity index (χ1n) is 8.53. The van der Waals surface area contributed by atoms with Gasteiger partial charge in [0.1, 0.15) is 0 Å². The van der Waals surface area contributed by atoms with E-state index >= 15 is 0 Å². The fraction of sp³-hybridized carbons (Fsp3) is 0.368. The first kappa shape index (κ1) is 15.4. The Bertz CT molecular complexity index is 792. The van der Waals surface area contributed by atoms with Crippen molar-refractivity contribution < 1.29 is 9.59 Å². The van der Waals surface area contributed by atoms with Crippen molar-refractivity contribution in [3.63, 3.8) is 0 Å². The number of hydrogen-bond donors (Lipinski definition) is 2. The molecule has 0 bridgehead atoms. The van der Waals surface area contributed by atoms with Gasteiger partial charge in [-0.25, -0.2) is 0 Å². The fourth-order valence-corrected chi connectivity index (χ4v) is 4.28. The first-order valence-corrected chi connectivity index (χ1v) is 9.41. The molecular formula is C19H20N2O2S. The van der Waals surface area contributed by atoms with Crippen LogP contribution in [0, 0.1) is 0 Å². The van der Waals surface area contributed by atoms with Crippen LogP contribution in [0.15, 0.2) is 29.6 Å². The Hall–Kier alpha value is -2.14. The van der Waals surface area contributed by atoms with Crippen LogP contribution >= 0.6 is 11.3 Å². The van der Waals surface area contributed by atoms with Crippen molar-refractivity contribution in [3.8, 4) is 0 Å². The quantitative estimate of drug-likeness (QED) is 0.890. The van der Waals surface area contributed by atoms with Crippen LogP contribution < -0.4 is 10.6 Å². The van der Waals surface area contributed by atoms with E-state index in [1.165, 1.54) is 16.9 Å². The number of fused-ring (bicyclic) bond motifs is 1. The monoisotopic (exact) mass is 340 g/mol. The summed E-state index contributed by atoms with van der Waals surface area (Å²) in [5.74, 6) is -0.221. The van der Waals surface area contributed by atoms with E-state index in [0.717, 1.165) is 37.7 Å². The largest absolute Gasteiger partial charge is 0.349 e. The molecule has 1 aromatic heterocycles. The number of amides is 2. The maximum absolute atomic E-state index is 12.7. The molecule has 5 heteroatoms. The maximum Gasteiger partial charge on any atom is 0.256 e. The van der Waals surface area contributed by atoms with Crippen LogP contribution in [0.5, 0.6) is 0 Å². The number of anilines is 1. The summed E-state index contributed by atoms with van der Waals surface area (Å²) < 4.78 is 0. The molecule has 2 aromatic rings. The molecule has 1 saturated carbocycles. The van der Waals surface area contributed by atoms with Crippen molar-refractivity contribution in [1.29, 1.82) is 0 Å². The highest BCUT2D eigenvalue weighted by Crippen LogP contribution is 2.31. The van der Waals surface area contributed by atoms with E-state index in [0.29, 0.717) is 17.3 Å². The molecule has 0 aliphatic heterocycles. The predicted molar refractivity (Wildman–Crippen MR) is 95.8 cm³/mol. The lowest BCUT2D eigenvalue weighted by molar-refractivity contribution is 0.0952. The summed E-state index contributed by atoms with van der Waals surface area (Å²) in [4.78, 5) is 26.4. The van der Waals surface area contributed by atoms with E-state index in [1.807, 2.05) is 17.5 Å². The van der Waals surface area contributed by atoms with E-state index in [-0.39, 0.29) is 11.8 Å². The van der Waals surface area contributed by atoms with Gasteiger partial charge in [-0.1, -0.05) is 12.1 Å². The van der Waals surface area contributed by atoms with Crippen LogP contribution in [0.1, 0.15) is 56.8 Å². The number of nitrogens with one attached hydrogen (secondary N) is 2. The normalized spacial score (nSPS) is 16.3. The number of aryl methyl sites for hydroxylation is 1. The van der Waals surface area contributed by atoms with Crippen LogP contribution in [0.25, 0.3) is 0 Å². The van der Waals surface area contributed by atoms with Gasteiger partial charge in [0.05, 0.1) is 16.8 Å². The van der Waals surface area contributed by atoms with E-state index < -0.39 is 0 Å². The third kappa shape index (κ3) is 3.08. The van der Waals surface area contributed by atoms with E-state index in [9.17, 15) is 9.59 Å². The zero-order valence-corrected chi connectivity index (χ0v) is 14.2. The number of para-hydroxylation sites is 1. The third-order valence-corrected chi connectivity index (χ3v) is 5.73. The molecule has 0 atom stereocenters. The van der Waals surface area contributed by atoms with Crippen molar-refractivity contribution in [1.82, 2.24) is 5.32 Å². The Morgan fingerprint density at radius 3 is 2.62 bits per heavy atom. The van der Waals surface area contributed by atoms with Crippen molar-refractivity contribution in [2.24, 2.45) is 0 Å². The molecule has 1 heterocycles. The molecule has 2 aliphatic carbocycles. The Labute approximate surface area is 145 Å². The van der Waals surface area contributed by atoms with Crippen LogP contribution in [0.4, 0.5) is 5.69 Å². The summed E-state index contributed by atoms with van der Waals surface area (Å²) in [5.41, 5.74) is 3.08. The molecule has 0 radical (unpaired) electrons. The van der Waals surface area contributed by atoms with Gasteiger partial charge in [0.15, 0.2) is 0 Å². The van der Waals surface area contributed by atoms with E-state index in [4.69, 9.17) is 0 Å². The second-order valence-electron chi connectivity index (χ2n) is 6.51. The molecular weight excluding hydrogens is 320 g/mol. The number of rotatable bonds is 4. The van der Waals surface area contributed by atoms with Crippen LogP contribution in [0.3, 0.4) is 0 Å². The average Bonchev–Trinajstić information content (AvgIpc) is 3.30. The summed E-state index contributed by atoms with van der Waals surface area (Å²) in [5, 5.41) is 7.88. The van der Waals surface area contributed by atoms with Gasteiger partial charge >= 0.3 is 0 Å². The van der Waals surface area contributed by atoms with Gasteiger partial charge in [-0.05, 0) is 56.2 Å². The van der Waals surface area contributed by atoms with Gasteiger partial charge in [-0.15, -0.1) is 11.3 Å². The number of thiophene rings is 1. The Morgan fingerprint density at radius 1 is 1.00 bits per heavy atom. The summed E-state index contributed by atoms with van der Waals surface area (Å²) in [7, 11) is 0. The summed E-state index contributed by atoms with van der Waals surface area (Å²) in [6.07, 6.45) is 6.49. The van der Waals surface area contributed by atoms with Crippen molar-refractivity contribution >= 4 is 28.8 Å². The van der Waals surface area contributed by atoms with Gasteiger partial charge in [-0.2, -0.15) is 0 Å². The lowest BCUT2D eigenvalue weighted by Gasteiger charge is -2.14. The number of benzene rings is 1. The highest BCUT2D eigenvalue weighted by Gasteiger charge is 2.25. The molecule has 0 unspecified atom stereocenters. The molecule has 124 valence electrons. The molecule has 0 saturated heterocycles. The molecule has 2 aliphatic rings. The molecule has 4 nitrogen and oxygen atoms in total. The van der Waals surface area contributed by atoms with Crippen molar-refractivity contribution in [3.05, 3.63) is 51.2 Å². The SMILES string of the molecule is O=C(NC1CC1)c1ccccc1NC(=O)c1csc2c1CCCC2. The van der Waals surface area contributed by atoms with Crippen LogP contribution in [-0.2, 0) is 12.8 Å². The van der Waals surface area contributed by atoms with Crippen LogP contribution in [-0.4, -0.2) is 17.9 Å². The third-order valence-electron chi connectivity index (χ3n) is 4.64. The summed E-state index contributed by atoms with van der Waals surface area (Å²) in [6.45, 7) is 0. The zero-order chi connectivity index (χ0) is 16.5. The molecule has 2 N–H and O–H groups in total. The molecule has 0 spiro atoms.